The Hall–Kier alpha value is 0.0549. The molecule has 2 unspecified atom stereocenters. The molecule has 96 valence electrons. The summed E-state index contributed by atoms with van der Waals surface area (Å²) in [4.78, 5) is 9.33. The quantitative estimate of drug-likeness (QED) is 0.525. The van der Waals surface area contributed by atoms with E-state index in [4.69, 9.17) is 26.6 Å². The van der Waals surface area contributed by atoms with Crippen molar-refractivity contribution in [1.82, 2.24) is 0 Å². The van der Waals surface area contributed by atoms with Crippen molar-refractivity contribution in [1.29, 1.82) is 0 Å². The minimum absolute atomic E-state index is 0.158. The number of phosphoric ester groups is 1. The predicted molar refractivity (Wildman–Crippen MR) is 56.7 cm³/mol. The highest BCUT2D eigenvalue weighted by atomic mass is 31.2. The Morgan fingerprint density at radius 3 is 2.82 bits per heavy atom. The SMILES string of the molecule is [B][C@@H]1O[C@]2(COC)CO[C@H]1C2OP(=O)(O)OC. The molecule has 2 fully saturated rings. The molecule has 2 saturated heterocycles. The molecule has 7 nitrogen and oxygen atoms in total. The van der Waals surface area contributed by atoms with Crippen LogP contribution < -0.4 is 0 Å². The molecule has 17 heavy (non-hydrogen) atoms. The van der Waals surface area contributed by atoms with Crippen LogP contribution in [0.1, 0.15) is 0 Å². The van der Waals surface area contributed by atoms with Crippen molar-refractivity contribution in [3.8, 4) is 0 Å². The third kappa shape index (κ3) is 2.31. The summed E-state index contributed by atoms with van der Waals surface area (Å²) in [5, 5.41) is 0. The Bertz CT molecular complexity index is 340. The van der Waals surface area contributed by atoms with Crippen LogP contribution in [0.2, 0.25) is 0 Å². The minimum Gasteiger partial charge on any atom is -0.381 e. The largest absolute Gasteiger partial charge is 0.472 e. The molecule has 1 N–H and O–H groups in total. The fourth-order valence-corrected chi connectivity index (χ4v) is 2.84. The van der Waals surface area contributed by atoms with Crippen LogP contribution in [0.4, 0.5) is 0 Å². The van der Waals surface area contributed by atoms with Gasteiger partial charge in [-0.05, 0) is 0 Å². The second-order valence-electron chi connectivity index (χ2n) is 4.03. The van der Waals surface area contributed by atoms with E-state index in [2.05, 4.69) is 4.52 Å². The van der Waals surface area contributed by atoms with E-state index in [9.17, 15) is 9.46 Å². The standard InChI is InChI=1S/C8H14BO7P/c1-12-3-8-4-14-5(7(9)15-8)6(8)16-17(10,11)13-2/h5-7H,3-4H2,1-2H3,(H,10,11)/t5-,6?,7+,8+/m0/s1. The Morgan fingerprint density at radius 2 is 2.29 bits per heavy atom. The van der Waals surface area contributed by atoms with Crippen LogP contribution in [0.3, 0.4) is 0 Å². The molecular formula is C8H14BO7P. The van der Waals surface area contributed by atoms with Gasteiger partial charge in [0.2, 0.25) is 0 Å². The first-order valence-corrected chi connectivity index (χ1v) is 6.54. The zero-order chi connectivity index (χ0) is 12.7. The average molecular weight is 264 g/mol. The highest BCUT2D eigenvalue weighted by Gasteiger charge is 2.62. The molecule has 0 saturated carbocycles. The average Bonchev–Trinajstić information content (AvgIpc) is 2.69. The van der Waals surface area contributed by atoms with Gasteiger partial charge in [0.15, 0.2) is 0 Å². The normalized spacial score (nSPS) is 43.8. The van der Waals surface area contributed by atoms with Gasteiger partial charge in [0, 0.05) is 20.2 Å². The molecule has 0 aromatic carbocycles. The lowest BCUT2D eigenvalue weighted by Crippen LogP contribution is -2.45. The lowest BCUT2D eigenvalue weighted by Gasteiger charge is -2.30. The second kappa shape index (κ2) is 4.62. The molecule has 0 aliphatic carbocycles. The van der Waals surface area contributed by atoms with Gasteiger partial charge < -0.3 is 19.1 Å². The van der Waals surface area contributed by atoms with E-state index >= 15 is 0 Å². The molecule has 0 aromatic rings. The Labute approximate surface area is 100 Å². The van der Waals surface area contributed by atoms with Gasteiger partial charge in [0.05, 0.1) is 13.2 Å². The maximum Gasteiger partial charge on any atom is 0.472 e. The van der Waals surface area contributed by atoms with E-state index in [1.165, 1.54) is 7.11 Å². The number of fused-ring (bicyclic) bond motifs is 2. The van der Waals surface area contributed by atoms with Gasteiger partial charge in [-0.3, -0.25) is 9.05 Å². The van der Waals surface area contributed by atoms with Crippen LogP contribution in [0.15, 0.2) is 0 Å². The second-order valence-corrected chi connectivity index (χ2v) is 5.55. The zero-order valence-electron chi connectivity index (χ0n) is 9.57. The fraction of sp³-hybridized carbons (Fsp3) is 1.00. The topological polar surface area (TPSA) is 83.5 Å². The van der Waals surface area contributed by atoms with E-state index in [1.54, 1.807) is 0 Å². The molecule has 0 aromatic heterocycles. The molecule has 2 radical (unpaired) electrons. The van der Waals surface area contributed by atoms with E-state index in [0.717, 1.165) is 7.11 Å². The highest BCUT2D eigenvalue weighted by molar-refractivity contribution is 7.47. The molecule has 2 heterocycles. The third-order valence-electron chi connectivity index (χ3n) is 2.90. The van der Waals surface area contributed by atoms with Gasteiger partial charge in [-0.2, -0.15) is 0 Å². The summed E-state index contributed by atoms with van der Waals surface area (Å²) in [6.07, 6.45) is -1.38. The van der Waals surface area contributed by atoms with Crippen molar-refractivity contribution in [3.63, 3.8) is 0 Å². The molecule has 0 spiro atoms. The Morgan fingerprint density at radius 1 is 1.59 bits per heavy atom. The molecule has 2 rings (SSSR count). The molecule has 2 aliphatic heterocycles. The van der Waals surface area contributed by atoms with Crippen molar-refractivity contribution >= 4 is 15.7 Å². The first-order valence-electron chi connectivity index (χ1n) is 5.05. The van der Waals surface area contributed by atoms with Crippen LogP contribution >= 0.6 is 7.82 Å². The predicted octanol–water partition coefficient (Wildman–Crippen LogP) is -0.573. The Balaban J connectivity index is 2.18. The molecule has 5 atom stereocenters. The number of hydrogen-bond donors (Lipinski definition) is 1. The summed E-state index contributed by atoms with van der Waals surface area (Å²) in [6.45, 7) is 0.360. The van der Waals surface area contributed by atoms with Gasteiger partial charge in [0.1, 0.15) is 25.7 Å². The number of ether oxygens (including phenoxy) is 3. The van der Waals surface area contributed by atoms with E-state index < -0.39 is 31.6 Å². The van der Waals surface area contributed by atoms with Gasteiger partial charge in [0.25, 0.3) is 0 Å². The van der Waals surface area contributed by atoms with Gasteiger partial charge in [-0.25, -0.2) is 4.57 Å². The number of rotatable bonds is 5. The van der Waals surface area contributed by atoms with Crippen molar-refractivity contribution in [2.45, 2.75) is 23.8 Å². The molecule has 0 amide bonds. The summed E-state index contributed by atoms with van der Waals surface area (Å²) in [7, 11) is 4.14. The van der Waals surface area contributed by atoms with Crippen molar-refractivity contribution < 1.29 is 32.7 Å². The first-order chi connectivity index (χ1) is 7.94. The number of hydrogen-bond acceptors (Lipinski definition) is 6. The maximum atomic E-state index is 11.4. The lowest BCUT2D eigenvalue weighted by atomic mass is 9.92. The maximum absolute atomic E-state index is 11.4. The van der Waals surface area contributed by atoms with Gasteiger partial charge >= 0.3 is 7.82 Å². The van der Waals surface area contributed by atoms with Gasteiger partial charge in [-0.15, -0.1) is 0 Å². The summed E-state index contributed by atoms with van der Waals surface area (Å²) in [5.41, 5.74) is -0.949. The third-order valence-corrected chi connectivity index (χ3v) is 3.85. The van der Waals surface area contributed by atoms with E-state index in [1.807, 2.05) is 0 Å². The van der Waals surface area contributed by atoms with Crippen molar-refractivity contribution in [3.05, 3.63) is 0 Å². The van der Waals surface area contributed by atoms with Crippen LogP contribution in [0.25, 0.3) is 0 Å². The fourth-order valence-electron chi connectivity index (χ4n) is 2.16. The van der Waals surface area contributed by atoms with Gasteiger partial charge in [-0.1, -0.05) is 0 Å². The van der Waals surface area contributed by atoms with Crippen LogP contribution in [-0.4, -0.2) is 64.0 Å². The molecule has 2 bridgehead atoms. The minimum atomic E-state index is -4.12. The molecular weight excluding hydrogens is 250 g/mol. The van der Waals surface area contributed by atoms with E-state index in [0.29, 0.717) is 0 Å². The number of methoxy groups -OCH3 is 1. The Kier molecular flexibility index (Phi) is 3.67. The van der Waals surface area contributed by atoms with Crippen LogP contribution in [0, 0.1) is 0 Å². The monoisotopic (exact) mass is 264 g/mol. The first kappa shape index (κ1) is 13.5. The smallest absolute Gasteiger partial charge is 0.381 e. The van der Waals surface area contributed by atoms with Crippen LogP contribution in [0.5, 0.6) is 0 Å². The zero-order valence-corrected chi connectivity index (χ0v) is 10.5. The lowest BCUT2D eigenvalue weighted by molar-refractivity contribution is -0.141. The summed E-state index contributed by atoms with van der Waals surface area (Å²) in [6, 6.07) is -0.708. The summed E-state index contributed by atoms with van der Waals surface area (Å²) in [5.74, 6) is 0. The van der Waals surface area contributed by atoms with Crippen molar-refractivity contribution in [2.75, 3.05) is 27.4 Å². The van der Waals surface area contributed by atoms with Crippen LogP contribution in [-0.2, 0) is 27.8 Å². The van der Waals surface area contributed by atoms with Crippen molar-refractivity contribution in [2.24, 2.45) is 0 Å². The summed E-state index contributed by atoms with van der Waals surface area (Å²) < 4.78 is 36.8. The highest BCUT2D eigenvalue weighted by Crippen LogP contribution is 2.51. The molecule has 9 heteroatoms. The molecule has 2 aliphatic rings. The number of phosphoric acid groups is 1. The summed E-state index contributed by atoms with van der Waals surface area (Å²) >= 11 is 0. The van der Waals surface area contributed by atoms with E-state index in [-0.39, 0.29) is 13.2 Å².